The zero-order valence-electron chi connectivity index (χ0n) is 28.6. The van der Waals surface area contributed by atoms with Crippen molar-refractivity contribution in [2.45, 2.75) is 133 Å². The summed E-state index contributed by atoms with van der Waals surface area (Å²) >= 11 is 0. The second kappa shape index (κ2) is 9.81. The summed E-state index contributed by atoms with van der Waals surface area (Å²) < 4.78 is 0. The lowest BCUT2D eigenvalue weighted by Gasteiger charge is -2.38. The predicted molar refractivity (Wildman–Crippen MR) is 172 cm³/mol. The van der Waals surface area contributed by atoms with Gasteiger partial charge in [-0.2, -0.15) is 5.06 Å². The lowest BCUT2D eigenvalue weighted by molar-refractivity contribution is -0.184. The minimum atomic E-state index is -0.708. The first-order valence-corrected chi connectivity index (χ1v) is 15.0. The average molecular weight is 562 g/mol. The number of hydrogen-bond acceptors (Lipinski definition) is 4. The van der Waals surface area contributed by atoms with E-state index < -0.39 is 11.1 Å². The van der Waals surface area contributed by atoms with E-state index >= 15 is 0 Å². The zero-order valence-corrected chi connectivity index (χ0v) is 28.6. The summed E-state index contributed by atoms with van der Waals surface area (Å²) in [5.41, 5.74) is 4.57. The van der Waals surface area contributed by atoms with E-state index in [1.54, 1.807) is 0 Å². The Morgan fingerprint density at radius 1 is 0.707 bits per heavy atom. The lowest BCUT2D eigenvalue weighted by atomic mass is 9.70. The van der Waals surface area contributed by atoms with E-state index in [0.29, 0.717) is 5.75 Å². The Labute approximate surface area is 249 Å². The van der Waals surface area contributed by atoms with Gasteiger partial charge in [-0.1, -0.05) is 89.2 Å². The predicted octanol–water partition coefficient (Wildman–Crippen LogP) is 9.46. The van der Waals surface area contributed by atoms with Crippen molar-refractivity contribution in [2.24, 2.45) is 10.8 Å². The second-order valence-corrected chi connectivity index (χ2v) is 17.3. The molecular weight excluding hydrogens is 506 g/mol. The fourth-order valence-corrected chi connectivity index (χ4v) is 6.09. The molecule has 3 rings (SSSR count). The van der Waals surface area contributed by atoms with Gasteiger partial charge in [0.2, 0.25) is 0 Å². The van der Waals surface area contributed by atoms with Crippen molar-refractivity contribution in [3.8, 4) is 5.75 Å². The van der Waals surface area contributed by atoms with Crippen LogP contribution in [0.25, 0.3) is 5.57 Å². The van der Waals surface area contributed by atoms with Gasteiger partial charge in [0.25, 0.3) is 0 Å². The maximum absolute atomic E-state index is 13.9. The molecule has 1 aromatic carbocycles. The summed E-state index contributed by atoms with van der Waals surface area (Å²) in [7, 11) is 0. The number of Topliss-reactive ketones (excluding diaryl/α,β-unsaturated/α-hetero) is 1. The highest BCUT2D eigenvalue weighted by molar-refractivity contribution is 6.13. The Kier molecular flexibility index (Phi) is 7.91. The number of ketones is 1. The van der Waals surface area contributed by atoms with Crippen LogP contribution in [0.1, 0.15) is 127 Å². The third-order valence-corrected chi connectivity index (χ3v) is 8.51. The highest BCUT2D eigenvalue weighted by Crippen LogP contribution is 2.50. The second-order valence-electron chi connectivity index (χ2n) is 17.3. The van der Waals surface area contributed by atoms with Gasteiger partial charge in [0.05, 0.1) is 11.1 Å². The van der Waals surface area contributed by atoms with Crippen molar-refractivity contribution in [1.82, 2.24) is 5.06 Å². The number of allylic oxidation sites excluding steroid dienone is 5. The minimum Gasteiger partial charge on any atom is -0.507 e. The van der Waals surface area contributed by atoms with Gasteiger partial charge >= 0.3 is 0 Å². The number of hydroxylamine groups is 2. The van der Waals surface area contributed by atoms with Crippen molar-refractivity contribution < 1.29 is 15.1 Å². The number of carbonyl (C=O) groups excluding carboxylic acids is 1. The van der Waals surface area contributed by atoms with E-state index in [2.05, 4.69) is 113 Å². The van der Waals surface area contributed by atoms with E-state index in [9.17, 15) is 15.1 Å². The third-order valence-electron chi connectivity index (χ3n) is 8.51. The molecule has 1 heterocycles. The molecule has 4 nitrogen and oxygen atoms in total. The molecule has 4 heteroatoms. The molecule has 0 saturated heterocycles. The quantitative estimate of drug-likeness (QED) is 0.377. The minimum absolute atomic E-state index is 0.0911. The van der Waals surface area contributed by atoms with E-state index in [0.717, 1.165) is 44.6 Å². The molecule has 0 saturated carbocycles. The standard InChI is InChI=1S/C37H55NO3/c1-32(2,3)24-17-22(18-25(30(24)39)33(4,5)6)29(28-21-36(13,14)38(41)37(28,15)16)23-19-26(34(7,8)9)31(40)27(20-23)35(10,11)12/h17-21,39,41H,1-16H3. The molecule has 41 heavy (non-hydrogen) atoms. The van der Waals surface area contributed by atoms with Gasteiger partial charge in [0, 0.05) is 22.3 Å². The molecule has 0 radical (unpaired) electrons. The van der Waals surface area contributed by atoms with Crippen LogP contribution in [0.4, 0.5) is 0 Å². The summed E-state index contributed by atoms with van der Waals surface area (Å²) in [6, 6.07) is 4.23. The van der Waals surface area contributed by atoms with Crippen molar-refractivity contribution >= 4 is 11.4 Å². The number of hydrogen-bond donors (Lipinski definition) is 2. The van der Waals surface area contributed by atoms with Crippen LogP contribution in [-0.4, -0.2) is 32.2 Å². The first-order valence-electron chi connectivity index (χ1n) is 15.0. The molecule has 1 aliphatic carbocycles. The van der Waals surface area contributed by atoms with E-state index in [1.165, 1.54) is 5.06 Å². The van der Waals surface area contributed by atoms with Crippen LogP contribution in [0.3, 0.4) is 0 Å². The van der Waals surface area contributed by atoms with Crippen LogP contribution < -0.4 is 0 Å². The highest BCUT2D eigenvalue weighted by atomic mass is 16.5. The van der Waals surface area contributed by atoms with E-state index in [1.807, 2.05) is 27.7 Å². The molecule has 1 aliphatic heterocycles. The summed E-state index contributed by atoms with van der Waals surface area (Å²) in [6.07, 6.45) is 6.29. The molecule has 0 amide bonds. The molecular formula is C37H55NO3. The van der Waals surface area contributed by atoms with Crippen LogP contribution in [-0.2, 0) is 15.6 Å². The Balaban J connectivity index is 2.66. The number of carbonyl (C=O) groups is 1. The number of phenols is 1. The molecule has 0 spiro atoms. The zero-order chi connectivity index (χ0) is 31.9. The summed E-state index contributed by atoms with van der Waals surface area (Å²) in [6.45, 7) is 33.4. The Morgan fingerprint density at radius 3 is 1.39 bits per heavy atom. The maximum Gasteiger partial charge on any atom is 0.186 e. The monoisotopic (exact) mass is 561 g/mol. The summed E-state index contributed by atoms with van der Waals surface area (Å²) in [5, 5.41) is 24.4. The first kappa shape index (κ1) is 33.1. The molecule has 0 bridgehead atoms. The average Bonchev–Trinajstić information content (AvgIpc) is 2.91. The fourth-order valence-electron chi connectivity index (χ4n) is 6.09. The third kappa shape index (κ3) is 6.06. The Morgan fingerprint density at radius 2 is 1.10 bits per heavy atom. The van der Waals surface area contributed by atoms with Gasteiger partial charge in [0.15, 0.2) is 5.78 Å². The topological polar surface area (TPSA) is 60.8 Å². The first-order chi connectivity index (χ1) is 18.1. The molecule has 2 aliphatic rings. The van der Waals surface area contributed by atoms with Gasteiger partial charge in [-0.3, -0.25) is 4.79 Å². The number of rotatable bonds is 2. The van der Waals surface area contributed by atoms with Gasteiger partial charge in [-0.05, 0) is 95.9 Å². The normalized spacial score (nSPS) is 20.2. The Bertz CT molecular complexity index is 1310. The molecule has 0 atom stereocenters. The number of phenolic OH excluding ortho intramolecular Hbond substituents is 1. The van der Waals surface area contributed by atoms with Crippen LogP contribution in [0, 0.1) is 10.8 Å². The van der Waals surface area contributed by atoms with Gasteiger partial charge in [0.1, 0.15) is 5.75 Å². The van der Waals surface area contributed by atoms with Crippen molar-refractivity contribution in [3.05, 3.63) is 69.3 Å². The summed E-state index contributed by atoms with van der Waals surface area (Å²) in [5.74, 6) is 0.422. The lowest BCUT2D eigenvalue weighted by Crippen LogP contribution is -2.47. The van der Waals surface area contributed by atoms with Crippen molar-refractivity contribution in [1.29, 1.82) is 0 Å². The number of aromatic hydroxyl groups is 1. The van der Waals surface area contributed by atoms with Crippen LogP contribution in [0.15, 0.2) is 52.7 Å². The molecule has 2 N–H and O–H groups in total. The van der Waals surface area contributed by atoms with Crippen molar-refractivity contribution in [3.63, 3.8) is 0 Å². The largest absolute Gasteiger partial charge is 0.507 e. The summed E-state index contributed by atoms with van der Waals surface area (Å²) in [4.78, 5) is 13.9. The van der Waals surface area contributed by atoms with Crippen molar-refractivity contribution in [2.75, 3.05) is 0 Å². The van der Waals surface area contributed by atoms with E-state index in [4.69, 9.17) is 0 Å². The smallest absolute Gasteiger partial charge is 0.186 e. The highest BCUT2D eigenvalue weighted by Gasteiger charge is 2.47. The molecule has 0 fully saturated rings. The molecule has 0 aromatic heterocycles. The van der Waals surface area contributed by atoms with E-state index in [-0.39, 0.29) is 27.4 Å². The van der Waals surface area contributed by atoms with Crippen LogP contribution in [0.2, 0.25) is 0 Å². The van der Waals surface area contributed by atoms with Gasteiger partial charge in [-0.25, -0.2) is 0 Å². The van der Waals surface area contributed by atoms with Gasteiger partial charge < -0.3 is 10.3 Å². The number of benzene rings is 1. The molecule has 1 aromatic rings. The Hall–Kier alpha value is -2.43. The van der Waals surface area contributed by atoms with Gasteiger partial charge in [-0.15, -0.1) is 0 Å². The van der Waals surface area contributed by atoms with Crippen LogP contribution in [0.5, 0.6) is 5.75 Å². The molecule has 0 unspecified atom stereocenters. The SMILES string of the molecule is CC(C)(C)C1=CC(=C(C2=CC(C)(C)N(O)C2(C)C)c2cc(C(C)(C)C)c(O)c(C(C)(C)C)c2)C=C(C(C)(C)C)C1=O. The van der Waals surface area contributed by atoms with Crippen LogP contribution >= 0.6 is 0 Å². The maximum atomic E-state index is 13.9. The fraction of sp³-hybridized carbons (Fsp3) is 0.595. The molecule has 226 valence electrons. The number of nitrogens with zero attached hydrogens (tertiary/aromatic N) is 1.